The van der Waals surface area contributed by atoms with Gasteiger partial charge < -0.3 is 5.32 Å². The summed E-state index contributed by atoms with van der Waals surface area (Å²) in [4.78, 5) is 15.5. The summed E-state index contributed by atoms with van der Waals surface area (Å²) in [5, 5.41) is 3.42. The number of sulfonamides is 1. The first kappa shape index (κ1) is 22.3. The molecule has 0 aliphatic carbocycles. The predicted molar refractivity (Wildman–Crippen MR) is 121 cm³/mol. The van der Waals surface area contributed by atoms with Gasteiger partial charge in [-0.2, -0.15) is 4.31 Å². The van der Waals surface area contributed by atoms with Crippen molar-refractivity contribution in [3.8, 4) is 0 Å². The summed E-state index contributed by atoms with van der Waals surface area (Å²) in [6.07, 6.45) is 3.70. The lowest BCUT2D eigenvalue weighted by atomic mass is 10.1. The van der Waals surface area contributed by atoms with E-state index in [1.54, 1.807) is 12.1 Å². The lowest BCUT2D eigenvalue weighted by Gasteiger charge is -2.23. The number of nitrogens with zero attached hydrogens (tertiary/aromatic N) is 2. The van der Waals surface area contributed by atoms with Gasteiger partial charge >= 0.3 is 0 Å². The minimum atomic E-state index is -3.74. The Morgan fingerprint density at radius 3 is 2.45 bits per heavy atom. The van der Waals surface area contributed by atoms with Crippen LogP contribution in [0.3, 0.4) is 0 Å². The lowest BCUT2D eigenvalue weighted by molar-refractivity contribution is -0.124. The largest absolute Gasteiger partial charge is 0.351 e. The molecule has 2 saturated heterocycles. The van der Waals surface area contributed by atoms with Crippen LogP contribution >= 0.6 is 11.6 Å². The third-order valence-electron chi connectivity index (χ3n) is 5.99. The number of likely N-dealkylation sites (tertiary alicyclic amines) is 1. The summed E-state index contributed by atoms with van der Waals surface area (Å²) in [6.45, 7) is 3.94. The highest BCUT2D eigenvalue weighted by atomic mass is 35.5. The minimum absolute atomic E-state index is 0.159. The van der Waals surface area contributed by atoms with Crippen molar-refractivity contribution in [3.63, 3.8) is 0 Å². The lowest BCUT2D eigenvalue weighted by Crippen LogP contribution is -2.45. The van der Waals surface area contributed by atoms with Crippen molar-refractivity contribution in [1.82, 2.24) is 14.5 Å². The Hall–Kier alpha value is -1.93. The van der Waals surface area contributed by atoms with Crippen molar-refractivity contribution in [2.24, 2.45) is 0 Å². The van der Waals surface area contributed by atoms with Gasteiger partial charge in [-0.25, -0.2) is 8.42 Å². The van der Waals surface area contributed by atoms with E-state index in [0.717, 1.165) is 25.2 Å². The van der Waals surface area contributed by atoms with Crippen LogP contribution in [-0.2, 0) is 27.9 Å². The number of amides is 1. The van der Waals surface area contributed by atoms with Crippen LogP contribution in [0.1, 0.15) is 36.8 Å². The fourth-order valence-electron chi connectivity index (χ4n) is 4.38. The molecule has 8 heteroatoms. The molecule has 2 aromatic rings. The molecule has 2 aromatic carbocycles. The number of hydrogen-bond acceptors (Lipinski definition) is 4. The molecular formula is C23H28ClN3O3S. The molecule has 1 unspecified atom stereocenters. The van der Waals surface area contributed by atoms with Crippen LogP contribution in [0.2, 0.25) is 5.02 Å². The molecule has 2 aliphatic heterocycles. The standard InChI is InChI=1S/C23H28ClN3O3S/c24-20-8-10-21(11-9-20)31(29,30)27-14-4-7-22(27)23(28)25-16-18-5-3-6-19(15-18)17-26-12-1-2-13-26/h3,5-6,8-11,15,22H,1-2,4,7,12-14,16-17H2,(H,25,28). The summed E-state index contributed by atoms with van der Waals surface area (Å²) in [7, 11) is -3.74. The zero-order valence-corrected chi connectivity index (χ0v) is 19.0. The van der Waals surface area contributed by atoms with Gasteiger partial charge in [-0.05, 0) is 74.2 Å². The molecule has 1 atom stereocenters. The molecule has 2 heterocycles. The van der Waals surface area contributed by atoms with Crippen LogP contribution in [0.5, 0.6) is 0 Å². The number of halogens is 1. The summed E-state index contributed by atoms with van der Waals surface area (Å²) in [6, 6.07) is 13.6. The Balaban J connectivity index is 1.39. The number of hydrogen-bond donors (Lipinski definition) is 1. The van der Waals surface area contributed by atoms with E-state index in [1.165, 1.54) is 34.8 Å². The highest BCUT2D eigenvalue weighted by Gasteiger charge is 2.39. The van der Waals surface area contributed by atoms with E-state index < -0.39 is 16.1 Å². The topological polar surface area (TPSA) is 69.7 Å². The average Bonchev–Trinajstić information content (AvgIpc) is 3.45. The van der Waals surface area contributed by atoms with E-state index in [-0.39, 0.29) is 10.8 Å². The van der Waals surface area contributed by atoms with Crippen molar-refractivity contribution in [2.75, 3.05) is 19.6 Å². The van der Waals surface area contributed by atoms with E-state index in [2.05, 4.69) is 22.3 Å². The Morgan fingerprint density at radius 1 is 1.00 bits per heavy atom. The highest BCUT2D eigenvalue weighted by molar-refractivity contribution is 7.89. The van der Waals surface area contributed by atoms with Crippen LogP contribution in [-0.4, -0.2) is 49.2 Å². The fourth-order valence-corrected chi connectivity index (χ4v) is 6.16. The summed E-state index contributed by atoms with van der Waals surface area (Å²) < 4.78 is 27.4. The zero-order chi connectivity index (χ0) is 21.8. The molecular weight excluding hydrogens is 434 g/mol. The SMILES string of the molecule is O=C(NCc1cccc(CN2CCCC2)c1)C1CCCN1S(=O)(=O)c1ccc(Cl)cc1. The second kappa shape index (κ2) is 9.69. The van der Waals surface area contributed by atoms with Crippen LogP contribution in [0, 0.1) is 0 Å². The van der Waals surface area contributed by atoms with Gasteiger partial charge in [0.1, 0.15) is 6.04 Å². The van der Waals surface area contributed by atoms with E-state index >= 15 is 0 Å². The maximum absolute atomic E-state index is 13.0. The first-order valence-corrected chi connectivity index (χ1v) is 12.6. The fraction of sp³-hybridized carbons (Fsp3) is 0.435. The van der Waals surface area contributed by atoms with Gasteiger partial charge in [0.25, 0.3) is 0 Å². The van der Waals surface area contributed by atoms with Crippen molar-refractivity contribution >= 4 is 27.5 Å². The molecule has 1 N–H and O–H groups in total. The molecule has 166 valence electrons. The van der Waals surface area contributed by atoms with E-state index in [9.17, 15) is 13.2 Å². The van der Waals surface area contributed by atoms with E-state index in [4.69, 9.17) is 11.6 Å². The second-order valence-corrected chi connectivity index (χ2v) is 10.6. The molecule has 2 aliphatic rings. The van der Waals surface area contributed by atoms with E-state index in [1.807, 2.05) is 12.1 Å². The maximum Gasteiger partial charge on any atom is 0.243 e. The van der Waals surface area contributed by atoms with Gasteiger partial charge in [-0.1, -0.05) is 35.9 Å². The third-order valence-corrected chi connectivity index (χ3v) is 8.16. The van der Waals surface area contributed by atoms with Gasteiger partial charge in [0, 0.05) is 24.7 Å². The van der Waals surface area contributed by atoms with Crippen molar-refractivity contribution in [1.29, 1.82) is 0 Å². The van der Waals surface area contributed by atoms with Gasteiger partial charge in [0.05, 0.1) is 4.90 Å². The smallest absolute Gasteiger partial charge is 0.243 e. The second-order valence-electron chi connectivity index (χ2n) is 8.25. The number of carbonyl (C=O) groups excluding carboxylic acids is 1. The Bertz CT molecular complexity index is 1020. The average molecular weight is 462 g/mol. The van der Waals surface area contributed by atoms with Crippen LogP contribution in [0.4, 0.5) is 0 Å². The minimum Gasteiger partial charge on any atom is -0.351 e. The van der Waals surface area contributed by atoms with Crippen molar-refractivity contribution < 1.29 is 13.2 Å². The zero-order valence-electron chi connectivity index (χ0n) is 17.5. The van der Waals surface area contributed by atoms with Gasteiger partial charge in [-0.3, -0.25) is 9.69 Å². The quantitative estimate of drug-likeness (QED) is 0.686. The monoisotopic (exact) mass is 461 g/mol. The van der Waals surface area contributed by atoms with Crippen molar-refractivity contribution in [2.45, 2.75) is 49.7 Å². The molecule has 0 bridgehead atoms. The molecule has 6 nitrogen and oxygen atoms in total. The van der Waals surface area contributed by atoms with Crippen LogP contribution in [0.25, 0.3) is 0 Å². The van der Waals surface area contributed by atoms with Crippen LogP contribution < -0.4 is 5.32 Å². The molecule has 0 aromatic heterocycles. The molecule has 4 rings (SSSR count). The first-order valence-electron chi connectivity index (χ1n) is 10.8. The molecule has 0 spiro atoms. The summed E-state index contributed by atoms with van der Waals surface area (Å²) in [5.41, 5.74) is 2.26. The molecule has 2 fully saturated rings. The first-order chi connectivity index (χ1) is 14.9. The summed E-state index contributed by atoms with van der Waals surface area (Å²) in [5.74, 6) is -0.250. The third kappa shape index (κ3) is 5.29. The normalized spacial score (nSPS) is 20.2. The molecule has 1 amide bonds. The molecule has 0 saturated carbocycles. The summed E-state index contributed by atoms with van der Waals surface area (Å²) >= 11 is 5.88. The Kier molecular flexibility index (Phi) is 6.96. The Morgan fingerprint density at radius 2 is 1.71 bits per heavy atom. The van der Waals surface area contributed by atoms with Gasteiger partial charge in [0.15, 0.2) is 0 Å². The molecule has 31 heavy (non-hydrogen) atoms. The number of carbonyl (C=O) groups is 1. The maximum atomic E-state index is 13.0. The Labute approximate surface area is 189 Å². The molecule has 0 radical (unpaired) electrons. The van der Waals surface area contributed by atoms with Gasteiger partial charge in [-0.15, -0.1) is 0 Å². The van der Waals surface area contributed by atoms with Gasteiger partial charge in [0.2, 0.25) is 15.9 Å². The van der Waals surface area contributed by atoms with Crippen LogP contribution in [0.15, 0.2) is 53.4 Å². The number of rotatable bonds is 7. The number of benzene rings is 2. The highest BCUT2D eigenvalue weighted by Crippen LogP contribution is 2.27. The predicted octanol–water partition coefficient (Wildman–Crippen LogP) is 3.41. The van der Waals surface area contributed by atoms with Crippen molar-refractivity contribution in [3.05, 3.63) is 64.7 Å². The van der Waals surface area contributed by atoms with E-state index in [0.29, 0.717) is 31.0 Å². The number of nitrogens with one attached hydrogen (secondary N) is 1.